The molecule has 4 heteroatoms. The van der Waals surface area contributed by atoms with Gasteiger partial charge in [-0.05, 0) is 19.4 Å². The number of nitrogens with zero attached hydrogens (tertiary/aromatic N) is 2. The number of halogens is 1. The van der Waals surface area contributed by atoms with E-state index in [0.717, 1.165) is 6.42 Å². The van der Waals surface area contributed by atoms with Gasteiger partial charge in [-0.3, -0.25) is 9.69 Å². The zero-order chi connectivity index (χ0) is 11.4. The second kappa shape index (κ2) is 5.26. The summed E-state index contributed by atoms with van der Waals surface area (Å²) in [6.45, 7) is 8.82. The molecule has 0 aliphatic carbocycles. The van der Waals surface area contributed by atoms with Crippen LogP contribution in [0.15, 0.2) is 12.7 Å². The van der Waals surface area contributed by atoms with E-state index in [1.54, 1.807) is 0 Å². The Morgan fingerprint density at radius 2 is 2.33 bits per heavy atom. The van der Waals surface area contributed by atoms with Gasteiger partial charge in [-0.15, -0.1) is 0 Å². The molecule has 1 aliphatic rings. The molecule has 0 aromatic rings. The van der Waals surface area contributed by atoms with E-state index in [1.807, 2.05) is 18.7 Å². The van der Waals surface area contributed by atoms with E-state index in [-0.39, 0.29) is 18.5 Å². The van der Waals surface area contributed by atoms with Gasteiger partial charge >= 0.3 is 0 Å². The zero-order valence-corrected chi connectivity index (χ0v) is 9.45. The monoisotopic (exact) mass is 214 g/mol. The van der Waals surface area contributed by atoms with Gasteiger partial charge in [0.1, 0.15) is 0 Å². The number of carbonyl (C=O) groups is 1. The molecule has 1 rings (SSSR count). The van der Waals surface area contributed by atoms with E-state index in [9.17, 15) is 9.18 Å². The average Bonchev–Trinajstić information content (AvgIpc) is 2.26. The van der Waals surface area contributed by atoms with Crippen molar-refractivity contribution in [2.75, 3.05) is 19.6 Å². The summed E-state index contributed by atoms with van der Waals surface area (Å²) in [5.74, 6) is -0.179. The van der Waals surface area contributed by atoms with Crippen LogP contribution in [-0.4, -0.2) is 47.7 Å². The van der Waals surface area contributed by atoms with Crippen LogP contribution in [0.2, 0.25) is 0 Å². The maximum absolute atomic E-state index is 13.7. The van der Waals surface area contributed by atoms with Crippen LogP contribution in [0.1, 0.15) is 20.3 Å². The number of hydrogen-bond donors (Lipinski definition) is 0. The van der Waals surface area contributed by atoms with Crippen molar-refractivity contribution in [1.29, 1.82) is 0 Å². The molecule has 0 spiro atoms. The fraction of sp³-hybridized carbons (Fsp3) is 0.727. The third-order valence-electron chi connectivity index (χ3n) is 3.00. The second-order valence-corrected chi connectivity index (χ2v) is 3.92. The third kappa shape index (κ3) is 2.78. The first-order chi connectivity index (χ1) is 7.10. The highest BCUT2D eigenvalue weighted by atomic mass is 19.1. The standard InChI is InChI=1S/C11H19FN2O/c1-4-9(3)14-7-6-13(8-10(14)12)11(15)5-2/h5,9-10H,2,4,6-8H2,1,3H3. The Labute approximate surface area is 90.5 Å². The van der Waals surface area contributed by atoms with E-state index < -0.39 is 6.30 Å². The van der Waals surface area contributed by atoms with Crippen LogP contribution in [0.25, 0.3) is 0 Å². The molecular formula is C11H19FN2O. The van der Waals surface area contributed by atoms with E-state index >= 15 is 0 Å². The van der Waals surface area contributed by atoms with E-state index in [4.69, 9.17) is 0 Å². The molecule has 0 aromatic carbocycles. The van der Waals surface area contributed by atoms with Crippen LogP contribution < -0.4 is 0 Å². The molecule has 1 aliphatic heterocycles. The molecule has 0 N–H and O–H groups in total. The summed E-state index contributed by atoms with van der Waals surface area (Å²) >= 11 is 0. The molecule has 2 unspecified atom stereocenters. The first-order valence-electron chi connectivity index (χ1n) is 5.41. The summed E-state index contributed by atoms with van der Waals surface area (Å²) < 4.78 is 13.7. The Bertz CT molecular complexity index is 245. The first kappa shape index (κ1) is 12.2. The van der Waals surface area contributed by atoms with Gasteiger partial charge in [0.05, 0.1) is 6.54 Å². The van der Waals surface area contributed by atoms with Crippen molar-refractivity contribution < 1.29 is 9.18 Å². The molecule has 0 radical (unpaired) electrons. The van der Waals surface area contributed by atoms with E-state index in [1.165, 1.54) is 11.0 Å². The van der Waals surface area contributed by atoms with Crippen LogP contribution in [-0.2, 0) is 4.79 Å². The molecule has 86 valence electrons. The maximum atomic E-state index is 13.7. The van der Waals surface area contributed by atoms with Crippen molar-refractivity contribution in [3.63, 3.8) is 0 Å². The topological polar surface area (TPSA) is 23.6 Å². The fourth-order valence-corrected chi connectivity index (χ4v) is 1.81. The number of piperazine rings is 1. The van der Waals surface area contributed by atoms with Gasteiger partial charge in [0.15, 0.2) is 6.30 Å². The van der Waals surface area contributed by atoms with Crippen LogP contribution in [0, 0.1) is 0 Å². The Balaban J connectivity index is 2.54. The number of alkyl halides is 1. The summed E-state index contributed by atoms with van der Waals surface area (Å²) in [6.07, 6.45) is 1.12. The van der Waals surface area contributed by atoms with E-state index in [2.05, 4.69) is 6.58 Å². The SMILES string of the molecule is C=CC(=O)N1CCN(C(C)CC)C(F)C1. The maximum Gasteiger partial charge on any atom is 0.246 e. The van der Waals surface area contributed by atoms with Crippen molar-refractivity contribution in [3.8, 4) is 0 Å². The normalized spacial score (nSPS) is 25.0. The van der Waals surface area contributed by atoms with Crippen LogP contribution in [0.5, 0.6) is 0 Å². The Kier molecular flexibility index (Phi) is 4.27. The van der Waals surface area contributed by atoms with Crippen molar-refractivity contribution in [2.45, 2.75) is 32.6 Å². The number of carbonyl (C=O) groups excluding carboxylic acids is 1. The lowest BCUT2D eigenvalue weighted by atomic mass is 10.2. The molecule has 2 atom stereocenters. The van der Waals surface area contributed by atoms with Crippen molar-refractivity contribution in [2.24, 2.45) is 0 Å². The minimum Gasteiger partial charge on any atom is -0.334 e. The van der Waals surface area contributed by atoms with E-state index in [0.29, 0.717) is 13.1 Å². The quantitative estimate of drug-likeness (QED) is 0.524. The molecule has 1 saturated heterocycles. The third-order valence-corrected chi connectivity index (χ3v) is 3.00. The predicted octanol–water partition coefficient (Wildman–Crippen LogP) is 1.41. The van der Waals surface area contributed by atoms with Gasteiger partial charge in [-0.25, -0.2) is 4.39 Å². The lowest BCUT2D eigenvalue weighted by Crippen LogP contribution is -2.55. The summed E-state index contributed by atoms with van der Waals surface area (Å²) in [6, 6.07) is 0.237. The smallest absolute Gasteiger partial charge is 0.246 e. The van der Waals surface area contributed by atoms with Crippen LogP contribution >= 0.6 is 0 Å². The van der Waals surface area contributed by atoms with Gasteiger partial charge in [0.2, 0.25) is 5.91 Å². The van der Waals surface area contributed by atoms with Crippen LogP contribution in [0.4, 0.5) is 4.39 Å². The molecular weight excluding hydrogens is 195 g/mol. The van der Waals surface area contributed by atoms with Gasteiger partial charge in [-0.2, -0.15) is 0 Å². The summed E-state index contributed by atoms with van der Waals surface area (Å²) in [5, 5.41) is 0. The number of amides is 1. The fourth-order valence-electron chi connectivity index (χ4n) is 1.81. The van der Waals surface area contributed by atoms with Gasteiger partial charge in [0, 0.05) is 19.1 Å². The number of rotatable bonds is 3. The average molecular weight is 214 g/mol. The lowest BCUT2D eigenvalue weighted by Gasteiger charge is -2.40. The molecule has 0 bridgehead atoms. The van der Waals surface area contributed by atoms with Crippen molar-refractivity contribution >= 4 is 5.91 Å². The Morgan fingerprint density at radius 1 is 1.67 bits per heavy atom. The largest absolute Gasteiger partial charge is 0.334 e. The highest BCUT2D eigenvalue weighted by Crippen LogP contribution is 2.16. The minimum atomic E-state index is -1.04. The molecule has 0 aromatic heterocycles. The van der Waals surface area contributed by atoms with Gasteiger partial charge < -0.3 is 4.90 Å². The molecule has 1 heterocycles. The highest BCUT2D eigenvalue weighted by Gasteiger charge is 2.30. The zero-order valence-electron chi connectivity index (χ0n) is 9.45. The second-order valence-electron chi connectivity index (χ2n) is 3.92. The Hall–Kier alpha value is -0.900. The Morgan fingerprint density at radius 3 is 2.80 bits per heavy atom. The van der Waals surface area contributed by atoms with Crippen LogP contribution in [0.3, 0.4) is 0 Å². The van der Waals surface area contributed by atoms with Gasteiger partial charge in [-0.1, -0.05) is 13.5 Å². The highest BCUT2D eigenvalue weighted by molar-refractivity contribution is 5.87. The first-order valence-corrected chi connectivity index (χ1v) is 5.41. The number of hydrogen-bond acceptors (Lipinski definition) is 2. The summed E-state index contributed by atoms with van der Waals surface area (Å²) in [7, 11) is 0. The lowest BCUT2D eigenvalue weighted by molar-refractivity contribution is -0.132. The predicted molar refractivity (Wildman–Crippen MR) is 58.1 cm³/mol. The van der Waals surface area contributed by atoms with Crippen molar-refractivity contribution in [1.82, 2.24) is 9.80 Å². The summed E-state index contributed by atoms with van der Waals surface area (Å²) in [5.41, 5.74) is 0. The minimum absolute atomic E-state index is 0.162. The molecule has 1 amide bonds. The molecule has 1 fully saturated rings. The van der Waals surface area contributed by atoms with Crippen molar-refractivity contribution in [3.05, 3.63) is 12.7 Å². The molecule has 3 nitrogen and oxygen atoms in total. The summed E-state index contributed by atoms with van der Waals surface area (Å²) in [4.78, 5) is 14.6. The van der Waals surface area contributed by atoms with Gasteiger partial charge in [0.25, 0.3) is 0 Å². The molecule has 0 saturated carbocycles. The molecule has 15 heavy (non-hydrogen) atoms.